The molecule has 1 unspecified atom stereocenters. The van der Waals surface area contributed by atoms with Crippen LogP contribution in [0.5, 0.6) is 0 Å². The van der Waals surface area contributed by atoms with Crippen molar-refractivity contribution in [2.24, 2.45) is 17.8 Å². The highest BCUT2D eigenvalue weighted by Gasteiger charge is 2.24. The van der Waals surface area contributed by atoms with Crippen LogP contribution in [0.4, 0.5) is 4.39 Å². The molecule has 0 aromatic heterocycles. The first-order valence-electron chi connectivity index (χ1n) is 10.0. The molecule has 1 aliphatic carbocycles. The van der Waals surface area contributed by atoms with Gasteiger partial charge in [-0.3, -0.25) is 0 Å². The van der Waals surface area contributed by atoms with Gasteiger partial charge < -0.3 is 0 Å². The molecule has 0 aliphatic heterocycles. The Kier molecular flexibility index (Phi) is 6.29. The summed E-state index contributed by atoms with van der Waals surface area (Å²) in [7, 11) is 0. The van der Waals surface area contributed by atoms with Crippen LogP contribution >= 0.6 is 0 Å². The molecule has 1 heteroatoms. The molecule has 134 valence electrons. The second-order valence-corrected chi connectivity index (χ2v) is 7.96. The molecule has 0 nitrogen and oxygen atoms in total. The number of benzene rings is 2. The van der Waals surface area contributed by atoms with Gasteiger partial charge in [0.25, 0.3) is 0 Å². The molecule has 0 amide bonds. The molecule has 0 saturated heterocycles. The fourth-order valence-electron chi connectivity index (χ4n) is 4.49. The van der Waals surface area contributed by atoms with Crippen LogP contribution in [0, 0.1) is 23.6 Å². The molecule has 3 rings (SSSR count). The molecule has 1 fully saturated rings. The molecule has 1 saturated carbocycles. The Morgan fingerprint density at radius 3 is 2.32 bits per heavy atom. The van der Waals surface area contributed by atoms with E-state index in [1.165, 1.54) is 50.2 Å². The zero-order valence-corrected chi connectivity index (χ0v) is 15.7. The van der Waals surface area contributed by atoms with Crippen LogP contribution in [0.2, 0.25) is 0 Å². The molecule has 1 aliphatic rings. The lowest BCUT2D eigenvalue weighted by atomic mass is 9.74. The average Bonchev–Trinajstić information content (AvgIpc) is 2.63. The van der Waals surface area contributed by atoms with Crippen molar-refractivity contribution in [2.45, 2.75) is 58.8 Å². The van der Waals surface area contributed by atoms with Gasteiger partial charge in [0.05, 0.1) is 0 Å². The van der Waals surface area contributed by atoms with E-state index >= 15 is 0 Å². The highest BCUT2D eigenvalue weighted by molar-refractivity contribution is 5.63. The van der Waals surface area contributed by atoms with Gasteiger partial charge in [-0.2, -0.15) is 0 Å². The highest BCUT2D eigenvalue weighted by atomic mass is 19.1. The summed E-state index contributed by atoms with van der Waals surface area (Å²) in [4.78, 5) is 0. The molecule has 0 heterocycles. The zero-order valence-electron chi connectivity index (χ0n) is 15.7. The van der Waals surface area contributed by atoms with E-state index in [0.29, 0.717) is 0 Å². The van der Waals surface area contributed by atoms with E-state index in [0.717, 1.165) is 35.3 Å². The Balaban J connectivity index is 1.56. The van der Waals surface area contributed by atoms with Crippen molar-refractivity contribution in [1.29, 1.82) is 0 Å². The van der Waals surface area contributed by atoms with Crippen molar-refractivity contribution in [3.8, 4) is 11.1 Å². The molecular formula is C24H31F. The quantitative estimate of drug-likeness (QED) is 0.519. The summed E-state index contributed by atoms with van der Waals surface area (Å²) < 4.78 is 13.4. The molecule has 2 aromatic carbocycles. The van der Waals surface area contributed by atoms with Crippen molar-refractivity contribution < 1.29 is 4.39 Å². The minimum absolute atomic E-state index is 0.172. The lowest BCUT2D eigenvalue weighted by Gasteiger charge is -2.32. The maximum atomic E-state index is 13.4. The molecule has 1 atom stereocenters. The lowest BCUT2D eigenvalue weighted by Crippen LogP contribution is -2.21. The minimum Gasteiger partial charge on any atom is -0.207 e. The van der Waals surface area contributed by atoms with Gasteiger partial charge in [0.15, 0.2) is 0 Å². The van der Waals surface area contributed by atoms with Gasteiger partial charge in [0.1, 0.15) is 5.82 Å². The topological polar surface area (TPSA) is 0 Å². The van der Waals surface area contributed by atoms with Gasteiger partial charge >= 0.3 is 0 Å². The Morgan fingerprint density at radius 2 is 1.68 bits per heavy atom. The number of hydrogen-bond donors (Lipinski definition) is 0. The van der Waals surface area contributed by atoms with Crippen molar-refractivity contribution in [2.75, 3.05) is 0 Å². The van der Waals surface area contributed by atoms with Crippen molar-refractivity contribution >= 4 is 0 Å². The van der Waals surface area contributed by atoms with Gasteiger partial charge in [-0.25, -0.2) is 4.39 Å². The highest BCUT2D eigenvalue weighted by Crippen LogP contribution is 2.36. The normalized spacial score (nSPS) is 21.9. The van der Waals surface area contributed by atoms with Crippen LogP contribution in [0.15, 0.2) is 48.5 Å². The molecular weight excluding hydrogens is 307 g/mol. The zero-order chi connectivity index (χ0) is 17.6. The predicted molar refractivity (Wildman–Crippen MR) is 105 cm³/mol. The maximum absolute atomic E-state index is 13.4. The molecule has 0 N–H and O–H groups in total. The van der Waals surface area contributed by atoms with Crippen LogP contribution in [0.25, 0.3) is 11.1 Å². The summed E-state index contributed by atoms with van der Waals surface area (Å²) in [5.41, 5.74) is 3.45. The first-order valence-corrected chi connectivity index (χ1v) is 10.0. The molecule has 25 heavy (non-hydrogen) atoms. The second kappa shape index (κ2) is 8.65. The van der Waals surface area contributed by atoms with Crippen molar-refractivity contribution in [3.05, 3.63) is 59.9 Å². The first kappa shape index (κ1) is 18.2. The largest absolute Gasteiger partial charge is 0.207 e. The standard InChI is InChI=1S/C24H31F/c1-3-5-19-8-12-21(13-9-19)18(2)16-20-10-14-22(15-11-20)23-6-4-7-24(25)17-23/h4,6-7,10-11,14-15,17-19,21H,3,5,8-9,12-13,16H2,1-2H3. The van der Waals surface area contributed by atoms with E-state index in [1.54, 1.807) is 12.1 Å². The minimum atomic E-state index is -0.172. The fraction of sp³-hybridized carbons (Fsp3) is 0.500. The van der Waals surface area contributed by atoms with Crippen LogP contribution in [0.3, 0.4) is 0 Å². The third-order valence-corrected chi connectivity index (χ3v) is 6.06. The molecule has 0 spiro atoms. The van der Waals surface area contributed by atoms with Crippen LogP contribution in [-0.2, 0) is 6.42 Å². The Labute approximate surface area is 152 Å². The molecule has 0 radical (unpaired) electrons. The molecule has 2 aromatic rings. The van der Waals surface area contributed by atoms with E-state index in [2.05, 4.69) is 38.1 Å². The first-order chi connectivity index (χ1) is 12.2. The lowest BCUT2D eigenvalue weighted by molar-refractivity contribution is 0.206. The van der Waals surface area contributed by atoms with Gasteiger partial charge in [-0.1, -0.05) is 75.9 Å². The van der Waals surface area contributed by atoms with E-state index < -0.39 is 0 Å². The van der Waals surface area contributed by atoms with Gasteiger partial charge in [0, 0.05) is 0 Å². The van der Waals surface area contributed by atoms with Crippen LogP contribution < -0.4 is 0 Å². The molecule has 0 bridgehead atoms. The summed E-state index contributed by atoms with van der Waals surface area (Å²) in [6.45, 7) is 4.73. The number of rotatable bonds is 6. The summed E-state index contributed by atoms with van der Waals surface area (Å²) >= 11 is 0. The van der Waals surface area contributed by atoms with E-state index in [4.69, 9.17) is 0 Å². The number of halogens is 1. The summed E-state index contributed by atoms with van der Waals surface area (Å²) in [5, 5.41) is 0. The summed E-state index contributed by atoms with van der Waals surface area (Å²) in [6, 6.07) is 15.6. The third kappa shape index (κ3) is 4.93. The van der Waals surface area contributed by atoms with E-state index in [1.807, 2.05) is 6.07 Å². The van der Waals surface area contributed by atoms with Gasteiger partial charge in [-0.15, -0.1) is 0 Å². The van der Waals surface area contributed by atoms with Gasteiger partial charge in [-0.05, 0) is 65.8 Å². The predicted octanol–water partition coefficient (Wildman–Crippen LogP) is 7.28. The van der Waals surface area contributed by atoms with Crippen molar-refractivity contribution in [1.82, 2.24) is 0 Å². The maximum Gasteiger partial charge on any atom is 0.123 e. The monoisotopic (exact) mass is 338 g/mol. The second-order valence-electron chi connectivity index (χ2n) is 7.96. The Hall–Kier alpha value is -1.63. The van der Waals surface area contributed by atoms with Crippen LogP contribution in [0.1, 0.15) is 57.9 Å². The van der Waals surface area contributed by atoms with E-state index in [9.17, 15) is 4.39 Å². The van der Waals surface area contributed by atoms with Crippen molar-refractivity contribution in [3.63, 3.8) is 0 Å². The number of hydrogen-bond acceptors (Lipinski definition) is 0. The van der Waals surface area contributed by atoms with Crippen LogP contribution in [-0.4, -0.2) is 0 Å². The smallest absolute Gasteiger partial charge is 0.123 e. The van der Waals surface area contributed by atoms with E-state index in [-0.39, 0.29) is 5.82 Å². The Bertz CT molecular complexity index is 650. The summed E-state index contributed by atoms with van der Waals surface area (Å²) in [6.07, 6.45) is 9.60. The SMILES string of the molecule is CCCC1CCC(C(C)Cc2ccc(-c3cccc(F)c3)cc2)CC1. The summed E-state index contributed by atoms with van der Waals surface area (Å²) in [5.74, 6) is 2.45. The third-order valence-electron chi connectivity index (χ3n) is 6.06. The average molecular weight is 339 g/mol. The fourth-order valence-corrected chi connectivity index (χ4v) is 4.49. The Morgan fingerprint density at radius 1 is 0.960 bits per heavy atom. The van der Waals surface area contributed by atoms with Gasteiger partial charge in [0.2, 0.25) is 0 Å².